The van der Waals surface area contributed by atoms with E-state index in [0.717, 1.165) is 36.8 Å². The van der Waals surface area contributed by atoms with Crippen molar-refractivity contribution in [3.05, 3.63) is 101 Å². The van der Waals surface area contributed by atoms with Crippen LogP contribution in [0, 0.1) is 0 Å². The molecule has 2 aromatic heterocycles. The minimum absolute atomic E-state index is 0.215. The Morgan fingerprint density at radius 1 is 0.974 bits per heavy atom. The van der Waals surface area contributed by atoms with Gasteiger partial charge in [-0.05, 0) is 78.7 Å². The molecule has 0 saturated heterocycles. The van der Waals surface area contributed by atoms with Crippen molar-refractivity contribution in [3.63, 3.8) is 0 Å². The number of nitrogens with zero attached hydrogens (tertiary/aromatic N) is 3. The first-order chi connectivity index (χ1) is 18.9. The molecular formula is C30H26BrN5O2S. The molecule has 2 heterocycles. The van der Waals surface area contributed by atoms with E-state index in [9.17, 15) is 4.79 Å². The number of carbonyl (C=O) groups is 1. The van der Waals surface area contributed by atoms with Gasteiger partial charge in [0.05, 0.1) is 18.2 Å². The molecule has 5 aromatic rings. The van der Waals surface area contributed by atoms with E-state index in [4.69, 9.17) is 9.72 Å². The number of methoxy groups -OCH3 is 1. The topological polar surface area (TPSA) is 89.0 Å². The summed E-state index contributed by atoms with van der Waals surface area (Å²) in [4.78, 5) is 28.7. The Hall–Kier alpha value is -3.95. The SMILES string of the molecule is COc1ccc(Sc2ccc(C(=O)Nc3cccc(Br)c3)cc2Nc2ncnc3nc(C(C)C)ccc23)cc1. The molecule has 0 spiro atoms. The number of aromatic nitrogens is 3. The molecule has 9 heteroatoms. The highest BCUT2D eigenvalue weighted by atomic mass is 79.9. The maximum absolute atomic E-state index is 13.2. The molecule has 3 aromatic carbocycles. The molecule has 0 unspecified atom stereocenters. The molecule has 0 fully saturated rings. The third-order valence-corrected chi connectivity index (χ3v) is 7.55. The van der Waals surface area contributed by atoms with Gasteiger partial charge in [-0.2, -0.15) is 0 Å². The quantitative estimate of drug-likeness (QED) is 0.186. The summed E-state index contributed by atoms with van der Waals surface area (Å²) in [5, 5.41) is 7.21. The fourth-order valence-corrected chi connectivity index (χ4v) is 5.19. The van der Waals surface area contributed by atoms with Crippen molar-refractivity contribution in [1.82, 2.24) is 15.0 Å². The van der Waals surface area contributed by atoms with E-state index in [-0.39, 0.29) is 11.8 Å². The second-order valence-corrected chi connectivity index (χ2v) is 11.1. The van der Waals surface area contributed by atoms with Gasteiger partial charge in [0.2, 0.25) is 0 Å². The zero-order valence-electron chi connectivity index (χ0n) is 21.6. The molecule has 0 bridgehead atoms. The molecule has 0 aliphatic heterocycles. The molecule has 0 aliphatic rings. The standard InChI is InChI=1S/C30H26BrN5O2S/c1-18(2)25-13-12-24-28(35-25)32-17-33-29(24)36-26-15-19(30(37)34-21-6-4-5-20(31)16-21)7-14-27(26)39-23-10-8-22(38-3)9-11-23/h4-18H,1-3H3,(H,34,37)(H,32,33,35,36). The number of fused-ring (bicyclic) bond motifs is 1. The number of hydrogen-bond acceptors (Lipinski definition) is 7. The van der Waals surface area contributed by atoms with Gasteiger partial charge in [-0.1, -0.05) is 47.6 Å². The Balaban J connectivity index is 1.51. The van der Waals surface area contributed by atoms with Crippen molar-refractivity contribution >= 4 is 61.8 Å². The molecule has 0 aliphatic carbocycles. The van der Waals surface area contributed by atoms with Crippen molar-refractivity contribution in [1.29, 1.82) is 0 Å². The molecule has 39 heavy (non-hydrogen) atoms. The van der Waals surface area contributed by atoms with Gasteiger partial charge in [-0.25, -0.2) is 15.0 Å². The predicted octanol–water partition coefficient (Wildman–Crippen LogP) is 8.07. The van der Waals surface area contributed by atoms with E-state index >= 15 is 0 Å². The number of hydrogen-bond donors (Lipinski definition) is 2. The zero-order valence-corrected chi connectivity index (χ0v) is 24.0. The molecular weight excluding hydrogens is 574 g/mol. The maximum Gasteiger partial charge on any atom is 0.255 e. The Morgan fingerprint density at radius 2 is 1.79 bits per heavy atom. The third kappa shape index (κ3) is 6.38. The summed E-state index contributed by atoms with van der Waals surface area (Å²) in [5.74, 6) is 1.48. The first-order valence-corrected chi connectivity index (χ1v) is 13.9. The van der Waals surface area contributed by atoms with E-state index in [0.29, 0.717) is 22.7 Å². The van der Waals surface area contributed by atoms with Crippen molar-refractivity contribution in [2.24, 2.45) is 0 Å². The van der Waals surface area contributed by atoms with Crippen LogP contribution in [0.4, 0.5) is 17.2 Å². The van der Waals surface area contributed by atoms with Crippen LogP contribution < -0.4 is 15.4 Å². The van der Waals surface area contributed by atoms with Gasteiger partial charge in [-0.3, -0.25) is 4.79 Å². The second-order valence-electron chi connectivity index (χ2n) is 9.06. The summed E-state index contributed by atoms with van der Waals surface area (Å²) < 4.78 is 6.18. The smallest absolute Gasteiger partial charge is 0.255 e. The number of pyridine rings is 1. The molecule has 1 amide bonds. The summed E-state index contributed by atoms with van der Waals surface area (Å²) in [6, 6.07) is 24.9. The van der Waals surface area contributed by atoms with Crippen molar-refractivity contribution in [2.45, 2.75) is 29.6 Å². The van der Waals surface area contributed by atoms with Crippen LogP contribution in [-0.2, 0) is 0 Å². The summed E-state index contributed by atoms with van der Waals surface area (Å²) in [6.07, 6.45) is 1.50. The van der Waals surface area contributed by atoms with Crippen LogP contribution >= 0.6 is 27.7 Å². The monoisotopic (exact) mass is 599 g/mol. The van der Waals surface area contributed by atoms with Crippen LogP contribution in [0.1, 0.15) is 35.8 Å². The van der Waals surface area contributed by atoms with Gasteiger partial charge in [0.15, 0.2) is 5.65 Å². The van der Waals surface area contributed by atoms with Gasteiger partial charge in [0.25, 0.3) is 5.91 Å². The van der Waals surface area contributed by atoms with Gasteiger partial charge in [0.1, 0.15) is 17.9 Å². The van der Waals surface area contributed by atoms with E-state index < -0.39 is 0 Å². The highest BCUT2D eigenvalue weighted by Crippen LogP contribution is 2.37. The van der Waals surface area contributed by atoms with Crippen LogP contribution in [-0.4, -0.2) is 28.0 Å². The van der Waals surface area contributed by atoms with Crippen molar-refractivity contribution < 1.29 is 9.53 Å². The van der Waals surface area contributed by atoms with Crippen molar-refractivity contribution in [2.75, 3.05) is 17.7 Å². The predicted molar refractivity (Wildman–Crippen MR) is 160 cm³/mol. The summed E-state index contributed by atoms with van der Waals surface area (Å²) in [6.45, 7) is 4.20. The maximum atomic E-state index is 13.2. The van der Waals surface area contributed by atoms with Crippen LogP contribution in [0.25, 0.3) is 11.0 Å². The highest BCUT2D eigenvalue weighted by molar-refractivity contribution is 9.10. The van der Waals surface area contributed by atoms with Crippen molar-refractivity contribution in [3.8, 4) is 5.75 Å². The zero-order chi connectivity index (χ0) is 27.4. The first-order valence-electron chi connectivity index (χ1n) is 12.3. The summed E-state index contributed by atoms with van der Waals surface area (Å²) >= 11 is 5.03. The van der Waals surface area contributed by atoms with Crippen LogP contribution in [0.2, 0.25) is 0 Å². The lowest BCUT2D eigenvalue weighted by atomic mass is 10.1. The third-order valence-electron chi connectivity index (χ3n) is 5.97. The molecule has 196 valence electrons. The molecule has 5 rings (SSSR count). The normalized spacial score (nSPS) is 11.0. The lowest BCUT2D eigenvalue weighted by Crippen LogP contribution is -2.12. The van der Waals surface area contributed by atoms with E-state index in [2.05, 4.69) is 50.4 Å². The molecule has 2 N–H and O–H groups in total. The number of amides is 1. The lowest BCUT2D eigenvalue weighted by molar-refractivity contribution is 0.102. The average molecular weight is 601 g/mol. The number of anilines is 3. The van der Waals surface area contributed by atoms with E-state index in [1.807, 2.05) is 78.9 Å². The van der Waals surface area contributed by atoms with Crippen LogP contribution in [0.5, 0.6) is 5.75 Å². The number of benzene rings is 3. The Labute approximate surface area is 239 Å². The molecule has 7 nitrogen and oxygen atoms in total. The first kappa shape index (κ1) is 26.6. The van der Waals surface area contributed by atoms with Gasteiger partial charge >= 0.3 is 0 Å². The highest BCUT2D eigenvalue weighted by Gasteiger charge is 2.15. The Bertz CT molecular complexity index is 1640. The molecule has 0 radical (unpaired) electrons. The van der Waals surface area contributed by atoms with E-state index in [1.54, 1.807) is 18.9 Å². The Kier molecular flexibility index (Phi) is 8.09. The van der Waals surface area contributed by atoms with Gasteiger partial charge in [-0.15, -0.1) is 0 Å². The minimum Gasteiger partial charge on any atom is -0.497 e. The average Bonchev–Trinajstić information content (AvgIpc) is 2.94. The number of halogens is 1. The lowest BCUT2D eigenvalue weighted by Gasteiger charge is -2.15. The summed E-state index contributed by atoms with van der Waals surface area (Å²) in [5.41, 5.74) is 3.54. The number of nitrogens with one attached hydrogen (secondary N) is 2. The fraction of sp³-hybridized carbons (Fsp3) is 0.133. The van der Waals surface area contributed by atoms with Gasteiger partial charge in [0, 0.05) is 31.2 Å². The summed E-state index contributed by atoms with van der Waals surface area (Å²) in [7, 11) is 1.65. The Morgan fingerprint density at radius 3 is 2.54 bits per heavy atom. The largest absolute Gasteiger partial charge is 0.497 e. The minimum atomic E-state index is -0.215. The van der Waals surface area contributed by atoms with Crippen LogP contribution in [0.3, 0.4) is 0 Å². The number of rotatable bonds is 8. The molecule has 0 saturated carbocycles. The number of carbonyl (C=O) groups excluding carboxylic acids is 1. The fourth-order valence-electron chi connectivity index (χ4n) is 3.90. The van der Waals surface area contributed by atoms with Gasteiger partial charge < -0.3 is 15.4 Å². The second kappa shape index (κ2) is 11.8. The molecule has 0 atom stereocenters. The van der Waals surface area contributed by atoms with E-state index in [1.165, 1.54) is 6.33 Å². The van der Waals surface area contributed by atoms with Crippen LogP contribution in [0.15, 0.2) is 99.5 Å². The number of ether oxygens (including phenoxy) is 1.